The minimum Gasteiger partial charge on any atom is -0.378 e. The van der Waals surface area contributed by atoms with Crippen molar-refractivity contribution in [2.45, 2.75) is 103 Å². The molecule has 0 unspecified atom stereocenters. The van der Waals surface area contributed by atoms with Gasteiger partial charge in [0.2, 0.25) is 0 Å². The molecule has 0 saturated heterocycles. The molecule has 0 aromatic carbocycles. The molecule has 2 aliphatic rings. The first-order valence-corrected chi connectivity index (χ1v) is 9.95. The first-order valence-electron chi connectivity index (χ1n) is 9.95. The van der Waals surface area contributed by atoms with E-state index in [-0.39, 0.29) is 0 Å². The lowest BCUT2D eigenvalue weighted by atomic mass is 9.70. The largest absolute Gasteiger partial charge is 0.378 e. The third-order valence-electron chi connectivity index (χ3n) is 6.08. The van der Waals surface area contributed by atoms with E-state index in [1.807, 2.05) is 0 Å². The van der Waals surface area contributed by atoms with E-state index in [1.54, 1.807) is 0 Å². The van der Waals surface area contributed by atoms with Gasteiger partial charge in [-0.3, -0.25) is 0 Å². The predicted molar refractivity (Wildman–Crippen MR) is 91.6 cm³/mol. The van der Waals surface area contributed by atoms with Crippen molar-refractivity contribution in [2.24, 2.45) is 17.8 Å². The van der Waals surface area contributed by atoms with E-state index in [1.165, 1.54) is 83.5 Å². The van der Waals surface area contributed by atoms with Crippen LogP contribution in [0.1, 0.15) is 97.3 Å². The zero-order chi connectivity index (χ0) is 14.9. The average Bonchev–Trinajstić information content (AvgIpc) is 2.53. The SMILES string of the molecule is CCCCCO[C@H]1CC[C@H](C2CCC(CCC)CC2)CC1. The standard InChI is InChI=1S/C20H38O/c1-3-5-6-16-21-20-14-12-19(13-15-20)18-10-8-17(7-4-2)9-11-18/h17-20H,3-16H2,1-2H3/t17?,18?,19-,20-. The van der Waals surface area contributed by atoms with E-state index >= 15 is 0 Å². The van der Waals surface area contributed by atoms with Gasteiger partial charge in [-0.25, -0.2) is 0 Å². The fourth-order valence-electron chi connectivity index (χ4n) is 4.69. The fourth-order valence-corrected chi connectivity index (χ4v) is 4.69. The summed E-state index contributed by atoms with van der Waals surface area (Å²) in [5.41, 5.74) is 0. The molecule has 0 radical (unpaired) electrons. The molecule has 0 bridgehead atoms. The number of unbranched alkanes of at least 4 members (excludes halogenated alkanes) is 2. The van der Waals surface area contributed by atoms with E-state index in [4.69, 9.17) is 4.74 Å². The predicted octanol–water partition coefficient (Wildman–Crippen LogP) is 6.36. The van der Waals surface area contributed by atoms with Crippen LogP contribution in [0.3, 0.4) is 0 Å². The van der Waals surface area contributed by atoms with Crippen LogP contribution in [0.2, 0.25) is 0 Å². The minimum atomic E-state index is 0.592. The van der Waals surface area contributed by atoms with Crippen molar-refractivity contribution >= 4 is 0 Å². The minimum absolute atomic E-state index is 0.592. The molecule has 0 heterocycles. The van der Waals surface area contributed by atoms with Crippen LogP contribution in [0.15, 0.2) is 0 Å². The molecule has 21 heavy (non-hydrogen) atoms. The van der Waals surface area contributed by atoms with Crippen LogP contribution in [0.5, 0.6) is 0 Å². The molecule has 124 valence electrons. The Kier molecular flexibility index (Phi) is 8.14. The van der Waals surface area contributed by atoms with Gasteiger partial charge < -0.3 is 4.74 Å². The average molecular weight is 295 g/mol. The van der Waals surface area contributed by atoms with E-state index in [0.717, 1.165) is 24.4 Å². The van der Waals surface area contributed by atoms with E-state index < -0.39 is 0 Å². The molecule has 0 spiro atoms. The van der Waals surface area contributed by atoms with Gasteiger partial charge >= 0.3 is 0 Å². The van der Waals surface area contributed by atoms with Crippen LogP contribution in [0, 0.1) is 17.8 Å². The summed E-state index contributed by atoms with van der Waals surface area (Å²) in [7, 11) is 0. The lowest BCUT2D eigenvalue weighted by Crippen LogP contribution is -2.28. The number of rotatable bonds is 8. The summed E-state index contributed by atoms with van der Waals surface area (Å²) in [6, 6.07) is 0. The van der Waals surface area contributed by atoms with Gasteiger partial charge in [-0.15, -0.1) is 0 Å². The van der Waals surface area contributed by atoms with E-state index in [9.17, 15) is 0 Å². The molecule has 0 amide bonds. The maximum absolute atomic E-state index is 6.07. The maximum atomic E-state index is 6.07. The van der Waals surface area contributed by atoms with Crippen LogP contribution < -0.4 is 0 Å². The van der Waals surface area contributed by atoms with Gasteiger partial charge in [0.05, 0.1) is 6.10 Å². The zero-order valence-electron chi connectivity index (χ0n) is 14.6. The Hall–Kier alpha value is -0.0400. The van der Waals surface area contributed by atoms with Crippen LogP contribution in [0.4, 0.5) is 0 Å². The van der Waals surface area contributed by atoms with Gasteiger partial charge in [-0.1, -0.05) is 52.4 Å². The summed E-state index contributed by atoms with van der Waals surface area (Å²) in [5.74, 6) is 3.15. The first-order chi connectivity index (χ1) is 10.3. The molecule has 0 aromatic rings. The summed E-state index contributed by atoms with van der Waals surface area (Å²) in [6.07, 6.45) is 19.0. The summed E-state index contributed by atoms with van der Waals surface area (Å²) >= 11 is 0. The van der Waals surface area contributed by atoms with Crippen LogP contribution in [-0.2, 0) is 4.74 Å². The molecule has 0 N–H and O–H groups in total. The molecule has 2 fully saturated rings. The smallest absolute Gasteiger partial charge is 0.0575 e. The zero-order valence-corrected chi connectivity index (χ0v) is 14.6. The monoisotopic (exact) mass is 294 g/mol. The molecule has 2 aliphatic carbocycles. The second kappa shape index (κ2) is 9.87. The Morgan fingerprint density at radius 1 is 0.714 bits per heavy atom. The quantitative estimate of drug-likeness (QED) is 0.473. The highest BCUT2D eigenvalue weighted by Gasteiger charge is 2.30. The number of hydrogen-bond donors (Lipinski definition) is 0. The topological polar surface area (TPSA) is 9.23 Å². The van der Waals surface area contributed by atoms with Crippen molar-refractivity contribution in [2.75, 3.05) is 6.61 Å². The van der Waals surface area contributed by atoms with Crippen molar-refractivity contribution < 1.29 is 4.74 Å². The highest BCUT2D eigenvalue weighted by Crippen LogP contribution is 2.41. The molecule has 2 rings (SSSR count). The lowest BCUT2D eigenvalue weighted by molar-refractivity contribution is 0.00541. The molecular weight excluding hydrogens is 256 g/mol. The van der Waals surface area contributed by atoms with E-state index in [2.05, 4.69) is 13.8 Å². The Labute approximate surface area is 133 Å². The Balaban J connectivity index is 1.59. The molecule has 1 heteroatoms. The highest BCUT2D eigenvalue weighted by molar-refractivity contribution is 4.82. The van der Waals surface area contributed by atoms with Crippen LogP contribution in [-0.4, -0.2) is 12.7 Å². The van der Waals surface area contributed by atoms with Gasteiger partial charge in [-0.05, 0) is 62.7 Å². The summed E-state index contributed by atoms with van der Waals surface area (Å²) in [5, 5.41) is 0. The van der Waals surface area contributed by atoms with Gasteiger partial charge in [0.15, 0.2) is 0 Å². The van der Waals surface area contributed by atoms with Gasteiger partial charge in [0.25, 0.3) is 0 Å². The third-order valence-corrected chi connectivity index (χ3v) is 6.08. The Morgan fingerprint density at radius 2 is 1.33 bits per heavy atom. The normalized spacial score (nSPS) is 34.0. The fraction of sp³-hybridized carbons (Fsp3) is 1.00. The van der Waals surface area contributed by atoms with Crippen molar-refractivity contribution in [1.29, 1.82) is 0 Å². The summed E-state index contributed by atoms with van der Waals surface area (Å²) < 4.78 is 6.07. The van der Waals surface area contributed by atoms with E-state index in [0.29, 0.717) is 6.10 Å². The van der Waals surface area contributed by atoms with Gasteiger partial charge in [-0.2, -0.15) is 0 Å². The molecule has 2 saturated carbocycles. The summed E-state index contributed by atoms with van der Waals surface area (Å²) in [6.45, 7) is 5.61. The van der Waals surface area contributed by atoms with Gasteiger partial charge in [0, 0.05) is 6.61 Å². The van der Waals surface area contributed by atoms with Crippen molar-refractivity contribution in [1.82, 2.24) is 0 Å². The van der Waals surface area contributed by atoms with Crippen molar-refractivity contribution in [3.8, 4) is 0 Å². The first kappa shape index (κ1) is 17.3. The highest BCUT2D eigenvalue weighted by atomic mass is 16.5. The van der Waals surface area contributed by atoms with Crippen molar-refractivity contribution in [3.05, 3.63) is 0 Å². The maximum Gasteiger partial charge on any atom is 0.0575 e. The van der Waals surface area contributed by atoms with Gasteiger partial charge in [0.1, 0.15) is 0 Å². The molecular formula is C20H38O. The third kappa shape index (κ3) is 5.93. The Bertz CT molecular complexity index is 247. The lowest BCUT2D eigenvalue weighted by Gasteiger charge is -2.37. The van der Waals surface area contributed by atoms with Crippen LogP contribution >= 0.6 is 0 Å². The van der Waals surface area contributed by atoms with Crippen LogP contribution in [0.25, 0.3) is 0 Å². The summed E-state index contributed by atoms with van der Waals surface area (Å²) in [4.78, 5) is 0. The molecule has 1 nitrogen and oxygen atoms in total. The second-order valence-electron chi connectivity index (χ2n) is 7.68. The molecule has 0 aromatic heterocycles. The number of ether oxygens (including phenoxy) is 1. The Morgan fingerprint density at radius 3 is 1.90 bits per heavy atom. The molecule has 0 atom stereocenters. The van der Waals surface area contributed by atoms with Crippen molar-refractivity contribution in [3.63, 3.8) is 0 Å². The number of hydrogen-bond acceptors (Lipinski definition) is 1. The molecule has 0 aliphatic heterocycles. The second-order valence-corrected chi connectivity index (χ2v) is 7.68.